The Morgan fingerprint density at radius 2 is 1.86 bits per heavy atom. The van der Waals surface area contributed by atoms with Gasteiger partial charge in [0.1, 0.15) is 5.75 Å². The van der Waals surface area contributed by atoms with Gasteiger partial charge in [-0.25, -0.2) is 4.98 Å². The van der Waals surface area contributed by atoms with Gasteiger partial charge in [0.25, 0.3) is 0 Å². The molecule has 146 valence electrons. The average Bonchev–Trinajstić information content (AvgIpc) is 3.12. The first-order valence-corrected chi connectivity index (χ1v) is 10.2. The van der Waals surface area contributed by atoms with Gasteiger partial charge in [-0.2, -0.15) is 0 Å². The van der Waals surface area contributed by atoms with E-state index in [-0.39, 0.29) is 21.7 Å². The smallest absolute Gasteiger partial charge is 0.234 e. The molecule has 0 unspecified atom stereocenters. The van der Waals surface area contributed by atoms with E-state index >= 15 is 0 Å². The Balaban J connectivity index is 1.67. The maximum Gasteiger partial charge on any atom is 0.234 e. The van der Waals surface area contributed by atoms with Gasteiger partial charge in [-0.3, -0.25) is 9.89 Å². The van der Waals surface area contributed by atoms with Gasteiger partial charge >= 0.3 is 0 Å². The summed E-state index contributed by atoms with van der Waals surface area (Å²) >= 11 is 25.2. The third-order valence-electron chi connectivity index (χ3n) is 3.49. The molecule has 0 aliphatic heterocycles. The van der Waals surface area contributed by atoms with Crippen molar-refractivity contribution >= 4 is 69.8 Å². The highest BCUT2D eigenvalue weighted by molar-refractivity contribution is 7.99. The Hall–Kier alpha value is -1.64. The fourth-order valence-corrected chi connectivity index (χ4v) is 3.95. The molecule has 11 heteroatoms. The standard InChI is InChI=1S/C17H12Cl4N4O2S/c1-27-13-3-2-8(18)4-10(13)16-23-17(25-24-16)28-7-14(26)22-15-11(20)5-9(19)6-12(15)21/h2-6H,7H2,1H3,(H,22,26)(H,23,24,25). The second-order valence-electron chi connectivity index (χ2n) is 5.39. The number of H-pyrrole nitrogens is 1. The number of halogens is 4. The number of nitrogens with zero attached hydrogens (tertiary/aromatic N) is 2. The zero-order valence-corrected chi connectivity index (χ0v) is 18.1. The third-order valence-corrected chi connectivity index (χ3v) is 5.38. The van der Waals surface area contributed by atoms with Crippen LogP contribution in [-0.4, -0.2) is 34.0 Å². The predicted octanol–water partition coefficient (Wildman–Crippen LogP) is 5.82. The molecule has 1 heterocycles. The number of aromatic amines is 1. The van der Waals surface area contributed by atoms with Crippen molar-refractivity contribution in [1.82, 2.24) is 15.2 Å². The van der Waals surface area contributed by atoms with Crippen LogP contribution in [0, 0.1) is 0 Å². The zero-order chi connectivity index (χ0) is 20.3. The van der Waals surface area contributed by atoms with Crippen molar-refractivity contribution in [2.75, 3.05) is 18.2 Å². The van der Waals surface area contributed by atoms with Gasteiger partial charge in [-0.15, -0.1) is 5.10 Å². The molecule has 0 spiro atoms. The topological polar surface area (TPSA) is 79.9 Å². The molecule has 0 aliphatic carbocycles. The maximum atomic E-state index is 12.2. The lowest BCUT2D eigenvalue weighted by molar-refractivity contribution is -0.113. The van der Waals surface area contributed by atoms with Gasteiger partial charge in [0.15, 0.2) is 5.82 Å². The zero-order valence-electron chi connectivity index (χ0n) is 14.2. The first kappa shape index (κ1) is 21.1. The highest BCUT2D eigenvalue weighted by atomic mass is 35.5. The van der Waals surface area contributed by atoms with E-state index < -0.39 is 0 Å². The minimum atomic E-state index is -0.317. The average molecular weight is 478 g/mol. The number of benzene rings is 2. The molecular formula is C17H12Cl4N4O2S. The number of carbonyl (C=O) groups excluding carboxylic acids is 1. The number of thioether (sulfide) groups is 1. The Morgan fingerprint density at radius 1 is 1.14 bits per heavy atom. The Kier molecular flexibility index (Phi) is 6.95. The van der Waals surface area contributed by atoms with E-state index in [0.29, 0.717) is 38.0 Å². The van der Waals surface area contributed by atoms with Crippen molar-refractivity contribution in [2.24, 2.45) is 0 Å². The Bertz CT molecular complexity index is 1010. The van der Waals surface area contributed by atoms with E-state index in [9.17, 15) is 4.79 Å². The van der Waals surface area contributed by atoms with Crippen LogP contribution in [0.2, 0.25) is 20.1 Å². The van der Waals surface area contributed by atoms with E-state index in [1.807, 2.05) is 0 Å². The molecule has 2 N–H and O–H groups in total. The number of amides is 1. The number of methoxy groups -OCH3 is 1. The number of hydrogen-bond acceptors (Lipinski definition) is 5. The molecule has 0 radical (unpaired) electrons. The second kappa shape index (κ2) is 9.24. The van der Waals surface area contributed by atoms with Crippen molar-refractivity contribution < 1.29 is 9.53 Å². The van der Waals surface area contributed by atoms with Crippen LogP contribution in [0.3, 0.4) is 0 Å². The fraction of sp³-hybridized carbons (Fsp3) is 0.118. The third kappa shape index (κ3) is 5.04. The molecule has 3 rings (SSSR count). The predicted molar refractivity (Wildman–Crippen MR) is 114 cm³/mol. The molecule has 0 saturated carbocycles. The SMILES string of the molecule is COc1ccc(Cl)cc1-c1nc(SCC(=O)Nc2c(Cl)cc(Cl)cc2Cl)n[nH]1. The van der Waals surface area contributed by atoms with Crippen LogP contribution in [0.15, 0.2) is 35.5 Å². The summed E-state index contributed by atoms with van der Waals surface area (Å²) in [5.41, 5.74) is 0.969. The van der Waals surface area contributed by atoms with Crippen molar-refractivity contribution in [3.05, 3.63) is 50.4 Å². The number of rotatable bonds is 6. The van der Waals surface area contributed by atoms with Crippen LogP contribution in [-0.2, 0) is 4.79 Å². The molecule has 2 aromatic carbocycles. The molecule has 0 aliphatic rings. The van der Waals surface area contributed by atoms with Crippen LogP contribution in [0.4, 0.5) is 5.69 Å². The Labute approximate surface area is 184 Å². The van der Waals surface area contributed by atoms with Gasteiger partial charge in [0.2, 0.25) is 11.1 Å². The number of nitrogens with one attached hydrogen (secondary N) is 2. The normalized spacial score (nSPS) is 10.8. The van der Waals surface area contributed by atoms with E-state index in [1.165, 1.54) is 12.1 Å². The lowest BCUT2D eigenvalue weighted by Crippen LogP contribution is -2.14. The molecule has 6 nitrogen and oxygen atoms in total. The largest absolute Gasteiger partial charge is 0.496 e. The van der Waals surface area contributed by atoms with Gasteiger partial charge in [-0.1, -0.05) is 58.2 Å². The van der Waals surface area contributed by atoms with Gasteiger partial charge in [-0.05, 0) is 30.3 Å². The van der Waals surface area contributed by atoms with E-state index in [0.717, 1.165) is 11.8 Å². The first-order chi connectivity index (χ1) is 13.4. The summed E-state index contributed by atoms with van der Waals surface area (Å²) in [6, 6.07) is 8.16. The van der Waals surface area contributed by atoms with E-state index in [4.69, 9.17) is 51.1 Å². The Morgan fingerprint density at radius 3 is 2.54 bits per heavy atom. The summed E-state index contributed by atoms with van der Waals surface area (Å²) in [5.74, 6) is 0.815. The van der Waals surface area contributed by atoms with E-state index in [2.05, 4.69) is 20.5 Å². The minimum absolute atomic E-state index is 0.0548. The molecule has 28 heavy (non-hydrogen) atoms. The maximum absolute atomic E-state index is 12.2. The number of carbonyl (C=O) groups is 1. The minimum Gasteiger partial charge on any atom is -0.496 e. The summed E-state index contributed by atoms with van der Waals surface area (Å²) in [7, 11) is 1.55. The van der Waals surface area contributed by atoms with Crippen LogP contribution < -0.4 is 10.1 Å². The molecule has 0 fully saturated rings. The summed E-state index contributed by atoms with van der Waals surface area (Å²) in [5, 5.41) is 11.4. The lowest BCUT2D eigenvalue weighted by Gasteiger charge is -2.09. The summed E-state index contributed by atoms with van der Waals surface area (Å²) < 4.78 is 5.31. The molecule has 3 aromatic rings. The molecular weight excluding hydrogens is 466 g/mol. The molecule has 0 saturated heterocycles. The van der Waals surface area contributed by atoms with Gasteiger partial charge in [0.05, 0.1) is 34.2 Å². The monoisotopic (exact) mass is 476 g/mol. The van der Waals surface area contributed by atoms with Gasteiger partial charge < -0.3 is 10.1 Å². The van der Waals surface area contributed by atoms with Gasteiger partial charge in [0, 0.05) is 10.0 Å². The number of ether oxygens (including phenoxy) is 1. The highest BCUT2D eigenvalue weighted by Crippen LogP contribution is 2.34. The summed E-state index contributed by atoms with van der Waals surface area (Å²) in [6.07, 6.45) is 0. The summed E-state index contributed by atoms with van der Waals surface area (Å²) in [6.45, 7) is 0. The molecule has 1 aromatic heterocycles. The number of aromatic nitrogens is 3. The van der Waals surface area contributed by atoms with Crippen LogP contribution >= 0.6 is 58.2 Å². The number of hydrogen-bond donors (Lipinski definition) is 2. The molecule has 0 bridgehead atoms. The number of anilines is 1. The van der Waals surface area contributed by atoms with E-state index in [1.54, 1.807) is 25.3 Å². The molecule has 1 amide bonds. The first-order valence-electron chi connectivity index (χ1n) is 7.71. The quantitative estimate of drug-likeness (QED) is 0.437. The lowest BCUT2D eigenvalue weighted by atomic mass is 10.2. The van der Waals surface area contributed by atoms with Crippen LogP contribution in [0.5, 0.6) is 5.75 Å². The fourth-order valence-electron chi connectivity index (χ4n) is 2.26. The van der Waals surface area contributed by atoms with Crippen LogP contribution in [0.25, 0.3) is 11.4 Å². The molecule has 0 atom stereocenters. The van der Waals surface area contributed by atoms with Crippen LogP contribution in [0.1, 0.15) is 0 Å². The van der Waals surface area contributed by atoms with Crippen molar-refractivity contribution in [2.45, 2.75) is 5.16 Å². The second-order valence-corrected chi connectivity index (χ2v) is 8.02. The van der Waals surface area contributed by atoms with Crippen molar-refractivity contribution in [3.8, 4) is 17.1 Å². The van der Waals surface area contributed by atoms with Crippen molar-refractivity contribution in [1.29, 1.82) is 0 Å². The summed E-state index contributed by atoms with van der Waals surface area (Å²) in [4.78, 5) is 16.6. The van der Waals surface area contributed by atoms with Crippen molar-refractivity contribution in [3.63, 3.8) is 0 Å². The highest BCUT2D eigenvalue weighted by Gasteiger charge is 2.15.